The van der Waals surface area contributed by atoms with Gasteiger partial charge in [-0.3, -0.25) is 9.59 Å². The highest BCUT2D eigenvalue weighted by molar-refractivity contribution is 7.99. The van der Waals surface area contributed by atoms with Gasteiger partial charge in [0.1, 0.15) is 6.04 Å². The first-order chi connectivity index (χ1) is 19.4. The van der Waals surface area contributed by atoms with Gasteiger partial charge in [0.2, 0.25) is 11.8 Å². The minimum Gasteiger partial charge on any atom is -0.352 e. The number of benzene rings is 3. The van der Waals surface area contributed by atoms with Gasteiger partial charge in [0.05, 0.1) is 0 Å². The molecule has 0 bridgehead atoms. The van der Waals surface area contributed by atoms with Crippen LogP contribution in [0.1, 0.15) is 56.1 Å². The van der Waals surface area contributed by atoms with E-state index in [2.05, 4.69) is 5.32 Å². The van der Waals surface area contributed by atoms with E-state index < -0.39 is 6.04 Å². The van der Waals surface area contributed by atoms with Crippen molar-refractivity contribution < 1.29 is 9.59 Å². The topological polar surface area (TPSA) is 49.4 Å². The second-order valence-corrected chi connectivity index (χ2v) is 12.7. The summed E-state index contributed by atoms with van der Waals surface area (Å²) >= 11 is 20.4. The van der Waals surface area contributed by atoms with E-state index in [1.54, 1.807) is 28.8 Å². The average Bonchev–Trinajstić information content (AvgIpc) is 2.96. The number of nitrogens with one attached hydrogen (secondary N) is 1. The number of rotatable bonds is 12. The standard InChI is InChI=1S/C32H35Cl3N2O2S/c33-25-15-17-28(18-16-25)40-19-7-12-31(38)37(22-24-13-14-26(34)21-29(24)35)30(20-23-8-3-1-4-9-23)32(39)36-27-10-5-2-6-11-27/h1,3-4,8-9,13-18,21,27,30H,2,5-7,10-12,19-20,22H2,(H,36,39)/t30-/m1/s1. The monoisotopic (exact) mass is 616 g/mol. The first-order valence-corrected chi connectivity index (χ1v) is 16.0. The first-order valence-electron chi connectivity index (χ1n) is 13.8. The summed E-state index contributed by atoms with van der Waals surface area (Å²) in [6.07, 6.45) is 6.81. The van der Waals surface area contributed by atoms with Gasteiger partial charge in [-0.25, -0.2) is 0 Å². The summed E-state index contributed by atoms with van der Waals surface area (Å²) in [6, 6.07) is 22.3. The highest BCUT2D eigenvalue weighted by Crippen LogP contribution is 2.26. The highest BCUT2D eigenvalue weighted by Gasteiger charge is 2.32. The minimum atomic E-state index is -0.660. The number of carbonyl (C=O) groups excluding carboxylic acids is 2. The molecular weight excluding hydrogens is 583 g/mol. The lowest BCUT2D eigenvalue weighted by Gasteiger charge is -2.33. The Morgan fingerprint density at radius 2 is 1.60 bits per heavy atom. The summed E-state index contributed by atoms with van der Waals surface area (Å²) in [5.74, 6) is 0.604. The van der Waals surface area contributed by atoms with Gasteiger partial charge < -0.3 is 10.2 Å². The summed E-state index contributed by atoms with van der Waals surface area (Å²) in [7, 11) is 0. The molecule has 0 aliphatic heterocycles. The maximum absolute atomic E-state index is 13.9. The van der Waals surface area contributed by atoms with Crippen LogP contribution in [0.2, 0.25) is 15.1 Å². The van der Waals surface area contributed by atoms with Gasteiger partial charge >= 0.3 is 0 Å². The Kier molecular flexibility index (Phi) is 12.1. The van der Waals surface area contributed by atoms with Gasteiger partial charge in [0.15, 0.2) is 0 Å². The second kappa shape index (κ2) is 15.7. The van der Waals surface area contributed by atoms with Crippen LogP contribution in [0.3, 0.4) is 0 Å². The van der Waals surface area contributed by atoms with E-state index >= 15 is 0 Å². The lowest BCUT2D eigenvalue weighted by molar-refractivity contribution is -0.141. The molecule has 1 atom stereocenters. The predicted molar refractivity (Wildman–Crippen MR) is 167 cm³/mol. The number of thioether (sulfide) groups is 1. The Hall–Kier alpha value is -2.18. The fourth-order valence-corrected chi connectivity index (χ4v) is 6.47. The number of hydrogen-bond acceptors (Lipinski definition) is 3. The Labute approximate surface area is 256 Å². The van der Waals surface area contributed by atoms with Crippen LogP contribution in [0, 0.1) is 0 Å². The molecule has 0 radical (unpaired) electrons. The van der Waals surface area contributed by atoms with Crippen LogP contribution in [0.5, 0.6) is 0 Å². The molecule has 3 aromatic rings. The van der Waals surface area contributed by atoms with E-state index in [9.17, 15) is 9.59 Å². The largest absolute Gasteiger partial charge is 0.352 e. The fourth-order valence-electron chi connectivity index (χ4n) is 5.02. The van der Waals surface area contributed by atoms with Crippen LogP contribution in [-0.2, 0) is 22.6 Å². The molecule has 212 valence electrons. The van der Waals surface area contributed by atoms with E-state index in [1.807, 2.05) is 60.7 Å². The molecule has 0 saturated heterocycles. The van der Waals surface area contributed by atoms with Crippen molar-refractivity contribution in [3.05, 3.63) is 99.0 Å². The van der Waals surface area contributed by atoms with Crippen LogP contribution < -0.4 is 5.32 Å². The van der Waals surface area contributed by atoms with Crippen LogP contribution in [0.25, 0.3) is 0 Å². The summed E-state index contributed by atoms with van der Waals surface area (Å²) in [5, 5.41) is 4.99. The molecule has 0 spiro atoms. The van der Waals surface area contributed by atoms with E-state index in [0.717, 1.165) is 47.5 Å². The zero-order chi connectivity index (χ0) is 28.3. The normalized spacial score (nSPS) is 14.5. The van der Waals surface area contributed by atoms with E-state index in [0.29, 0.717) is 34.3 Å². The molecule has 4 rings (SSSR count). The van der Waals surface area contributed by atoms with Gasteiger partial charge in [0, 0.05) is 45.4 Å². The zero-order valence-corrected chi connectivity index (χ0v) is 25.5. The quantitative estimate of drug-likeness (QED) is 0.164. The molecule has 1 saturated carbocycles. The average molecular weight is 618 g/mol. The van der Waals surface area contributed by atoms with Gasteiger partial charge in [-0.05, 0) is 72.5 Å². The maximum atomic E-state index is 13.9. The molecule has 0 aromatic heterocycles. The smallest absolute Gasteiger partial charge is 0.243 e. The van der Waals surface area contributed by atoms with Gasteiger partial charge in [-0.15, -0.1) is 11.8 Å². The van der Waals surface area contributed by atoms with Crippen molar-refractivity contribution in [1.29, 1.82) is 0 Å². The van der Waals surface area contributed by atoms with Gasteiger partial charge in [-0.1, -0.05) is 90.5 Å². The molecule has 1 aliphatic rings. The third kappa shape index (κ3) is 9.44. The van der Waals surface area contributed by atoms with Gasteiger partial charge in [0.25, 0.3) is 0 Å². The molecule has 1 fully saturated rings. The van der Waals surface area contributed by atoms with Crippen LogP contribution in [0.15, 0.2) is 77.7 Å². The lowest BCUT2D eigenvalue weighted by atomic mass is 9.94. The van der Waals surface area contributed by atoms with Crippen LogP contribution in [0.4, 0.5) is 0 Å². The zero-order valence-electron chi connectivity index (χ0n) is 22.5. The molecule has 3 aromatic carbocycles. The maximum Gasteiger partial charge on any atom is 0.243 e. The minimum absolute atomic E-state index is 0.0672. The highest BCUT2D eigenvalue weighted by atomic mass is 35.5. The third-order valence-corrected chi connectivity index (χ3v) is 9.13. The van der Waals surface area contributed by atoms with Crippen LogP contribution in [-0.4, -0.2) is 34.6 Å². The Bertz CT molecular complexity index is 1250. The van der Waals surface area contributed by atoms with Crippen molar-refractivity contribution in [2.45, 2.75) is 74.9 Å². The number of nitrogens with zero attached hydrogens (tertiary/aromatic N) is 1. The Morgan fingerprint density at radius 3 is 2.30 bits per heavy atom. The predicted octanol–water partition coefficient (Wildman–Crippen LogP) is 8.61. The fraction of sp³-hybridized carbons (Fsp3) is 0.375. The number of carbonyl (C=O) groups is 2. The Balaban J connectivity index is 1.54. The summed E-state index contributed by atoms with van der Waals surface area (Å²) in [4.78, 5) is 30.5. The number of halogens is 3. The summed E-state index contributed by atoms with van der Waals surface area (Å²) < 4.78 is 0. The molecule has 2 amide bonds. The third-order valence-electron chi connectivity index (χ3n) is 7.20. The van der Waals surface area contributed by atoms with Crippen LogP contribution >= 0.6 is 46.6 Å². The van der Waals surface area contributed by atoms with E-state index in [4.69, 9.17) is 34.8 Å². The molecule has 4 nitrogen and oxygen atoms in total. The van der Waals surface area contributed by atoms with Crippen molar-refractivity contribution in [3.8, 4) is 0 Å². The van der Waals surface area contributed by atoms with Crippen molar-refractivity contribution in [2.24, 2.45) is 0 Å². The van der Waals surface area contributed by atoms with Crippen molar-refractivity contribution >= 4 is 58.4 Å². The molecular formula is C32H35Cl3N2O2S. The van der Waals surface area contributed by atoms with Crippen molar-refractivity contribution in [2.75, 3.05) is 5.75 Å². The number of hydrogen-bond donors (Lipinski definition) is 1. The molecule has 0 unspecified atom stereocenters. The van der Waals surface area contributed by atoms with E-state index in [1.165, 1.54) is 6.42 Å². The summed E-state index contributed by atoms with van der Waals surface area (Å²) in [5.41, 5.74) is 1.77. The molecule has 40 heavy (non-hydrogen) atoms. The molecule has 8 heteroatoms. The lowest BCUT2D eigenvalue weighted by Crippen LogP contribution is -2.52. The van der Waals surface area contributed by atoms with Crippen molar-refractivity contribution in [3.63, 3.8) is 0 Å². The van der Waals surface area contributed by atoms with Gasteiger partial charge in [-0.2, -0.15) is 0 Å². The number of amides is 2. The SMILES string of the molecule is O=C(NC1CCCCC1)[C@@H](Cc1ccccc1)N(Cc1ccc(Cl)cc1Cl)C(=O)CCCSc1ccc(Cl)cc1. The molecule has 1 N–H and O–H groups in total. The molecule has 1 aliphatic carbocycles. The van der Waals surface area contributed by atoms with Crippen molar-refractivity contribution in [1.82, 2.24) is 10.2 Å². The van der Waals surface area contributed by atoms with E-state index in [-0.39, 0.29) is 24.4 Å². The Morgan fingerprint density at radius 1 is 0.900 bits per heavy atom. The molecule has 0 heterocycles. The first kappa shape index (κ1) is 30.8. The second-order valence-electron chi connectivity index (χ2n) is 10.2. The summed E-state index contributed by atoms with van der Waals surface area (Å²) in [6.45, 7) is 0.231.